The van der Waals surface area contributed by atoms with Crippen LogP contribution in [-0.4, -0.2) is 10.2 Å². The lowest BCUT2D eigenvalue weighted by Crippen LogP contribution is -2.04. The highest BCUT2D eigenvalue weighted by Crippen LogP contribution is 2.35. The molecule has 3 nitrogen and oxygen atoms in total. The first-order valence-corrected chi connectivity index (χ1v) is 6.45. The second kappa shape index (κ2) is 6.25. The number of hydrogen-bond acceptors (Lipinski definition) is 3. The highest BCUT2D eigenvalue weighted by Gasteiger charge is 2.33. The van der Waals surface area contributed by atoms with Crippen molar-refractivity contribution >= 4 is 0 Å². The van der Waals surface area contributed by atoms with Crippen molar-refractivity contribution in [3.05, 3.63) is 58.2 Å². The molecule has 3 rings (SSSR count). The van der Waals surface area contributed by atoms with Gasteiger partial charge in [-0.25, -0.2) is 43.9 Å². The molecule has 27 heavy (non-hydrogen) atoms. The van der Waals surface area contributed by atoms with Crippen LogP contribution in [0.1, 0.15) is 0 Å². The standard InChI is InChI=1S/C14F10N2O/c15-3-1(4(16)8(20)11(23)7(3)19)13-25-26-14(27-13)2-5(17)9(21)12(24)10(22)6(2)18. The molecule has 0 unspecified atom stereocenters. The SMILES string of the molecule is Fc1c(F)c(F)c(-c2nnc(-c3c(F)c(F)c(F)c(F)c3F)o2)c(F)c1F. The topological polar surface area (TPSA) is 38.9 Å². The summed E-state index contributed by atoms with van der Waals surface area (Å²) >= 11 is 0. The zero-order chi connectivity index (χ0) is 20.2. The first kappa shape index (κ1) is 18.7. The van der Waals surface area contributed by atoms with Crippen LogP contribution < -0.4 is 0 Å². The number of rotatable bonds is 2. The van der Waals surface area contributed by atoms with Gasteiger partial charge in [0.2, 0.25) is 11.6 Å². The molecule has 0 saturated heterocycles. The van der Waals surface area contributed by atoms with Gasteiger partial charge >= 0.3 is 0 Å². The highest BCUT2D eigenvalue weighted by atomic mass is 19.2. The summed E-state index contributed by atoms with van der Waals surface area (Å²) < 4.78 is 138. The predicted molar refractivity (Wildman–Crippen MR) is 64.7 cm³/mol. The van der Waals surface area contributed by atoms with Crippen molar-refractivity contribution in [2.75, 3.05) is 0 Å². The van der Waals surface area contributed by atoms with E-state index in [1.54, 1.807) is 0 Å². The average molecular weight is 402 g/mol. The van der Waals surface area contributed by atoms with Crippen LogP contribution in [0.15, 0.2) is 4.42 Å². The Morgan fingerprint density at radius 1 is 0.370 bits per heavy atom. The fourth-order valence-corrected chi connectivity index (χ4v) is 2.01. The third kappa shape index (κ3) is 2.61. The summed E-state index contributed by atoms with van der Waals surface area (Å²) in [5.41, 5.74) is -3.51. The van der Waals surface area contributed by atoms with Gasteiger partial charge in [-0.1, -0.05) is 0 Å². The summed E-state index contributed by atoms with van der Waals surface area (Å²) in [6, 6.07) is 0. The van der Waals surface area contributed by atoms with E-state index in [1.807, 2.05) is 0 Å². The molecule has 0 radical (unpaired) electrons. The second-order valence-corrected chi connectivity index (χ2v) is 4.80. The molecule has 0 N–H and O–H groups in total. The quantitative estimate of drug-likeness (QED) is 0.352. The lowest BCUT2D eigenvalue weighted by atomic mass is 10.1. The van der Waals surface area contributed by atoms with E-state index in [-0.39, 0.29) is 0 Å². The first-order valence-electron chi connectivity index (χ1n) is 6.45. The molecule has 0 saturated carbocycles. The molecule has 1 heterocycles. The Morgan fingerprint density at radius 2 is 0.593 bits per heavy atom. The van der Waals surface area contributed by atoms with E-state index in [2.05, 4.69) is 14.6 Å². The van der Waals surface area contributed by atoms with E-state index in [4.69, 9.17) is 0 Å². The second-order valence-electron chi connectivity index (χ2n) is 4.80. The third-order valence-electron chi connectivity index (χ3n) is 3.27. The average Bonchev–Trinajstić information content (AvgIpc) is 3.11. The van der Waals surface area contributed by atoms with Crippen LogP contribution >= 0.6 is 0 Å². The van der Waals surface area contributed by atoms with Crippen LogP contribution in [-0.2, 0) is 0 Å². The Hall–Kier alpha value is -3.12. The molecule has 0 aliphatic carbocycles. The molecule has 3 aromatic rings. The molecular formula is C14F10N2O. The highest BCUT2D eigenvalue weighted by molar-refractivity contribution is 5.60. The molecule has 0 atom stereocenters. The molecule has 2 aromatic carbocycles. The van der Waals surface area contributed by atoms with Gasteiger partial charge in [0.05, 0.1) is 0 Å². The van der Waals surface area contributed by atoms with Crippen LogP contribution in [0, 0.1) is 58.2 Å². The Morgan fingerprint density at radius 3 is 0.852 bits per heavy atom. The zero-order valence-corrected chi connectivity index (χ0v) is 12.1. The van der Waals surface area contributed by atoms with Crippen molar-refractivity contribution in [1.29, 1.82) is 0 Å². The molecule has 142 valence electrons. The molecule has 0 fully saturated rings. The maximum atomic E-state index is 13.7. The normalized spacial score (nSPS) is 11.3. The van der Waals surface area contributed by atoms with Crippen molar-refractivity contribution in [1.82, 2.24) is 10.2 Å². The van der Waals surface area contributed by atoms with E-state index in [9.17, 15) is 43.9 Å². The minimum atomic E-state index is -2.51. The van der Waals surface area contributed by atoms with Gasteiger partial charge < -0.3 is 4.42 Å². The van der Waals surface area contributed by atoms with Gasteiger partial charge in [0.25, 0.3) is 11.8 Å². The molecule has 0 amide bonds. The van der Waals surface area contributed by atoms with Crippen molar-refractivity contribution < 1.29 is 48.3 Å². The Bertz CT molecular complexity index is 952. The minimum absolute atomic E-state index is 1.46. The summed E-state index contributed by atoms with van der Waals surface area (Å²) in [7, 11) is 0. The van der Waals surface area contributed by atoms with Crippen LogP contribution in [0.4, 0.5) is 43.9 Å². The van der Waals surface area contributed by atoms with Crippen molar-refractivity contribution in [2.45, 2.75) is 0 Å². The van der Waals surface area contributed by atoms with Crippen LogP contribution in [0.25, 0.3) is 22.9 Å². The summed E-state index contributed by atoms with van der Waals surface area (Å²) in [5.74, 6) is -27.2. The molecule has 1 aromatic heterocycles. The minimum Gasteiger partial charge on any atom is -0.416 e. The van der Waals surface area contributed by atoms with Crippen molar-refractivity contribution in [2.24, 2.45) is 0 Å². The van der Waals surface area contributed by atoms with Gasteiger partial charge in [-0.2, -0.15) is 0 Å². The zero-order valence-electron chi connectivity index (χ0n) is 12.1. The molecule has 0 spiro atoms. The maximum absolute atomic E-state index is 13.7. The number of benzene rings is 2. The molecule has 0 aliphatic heterocycles. The molecule has 0 aliphatic rings. The predicted octanol–water partition coefficient (Wildman–Crippen LogP) is 4.79. The fraction of sp³-hybridized carbons (Fsp3) is 0. The summed E-state index contributed by atoms with van der Waals surface area (Å²) in [4.78, 5) is 0. The van der Waals surface area contributed by atoms with Crippen LogP contribution in [0.5, 0.6) is 0 Å². The van der Waals surface area contributed by atoms with Gasteiger partial charge in [-0.3, -0.25) is 0 Å². The van der Waals surface area contributed by atoms with Gasteiger partial charge in [0.15, 0.2) is 46.5 Å². The lowest BCUT2D eigenvalue weighted by Gasteiger charge is -2.05. The molecule has 0 bridgehead atoms. The smallest absolute Gasteiger partial charge is 0.254 e. The van der Waals surface area contributed by atoms with Crippen LogP contribution in [0.3, 0.4) is 0 Å². The molecular weight excluding hydrogens is 402 g/mol. The van der Waals surface area contributed by atoms with Crippen molar-refractivity contribution in [3.63, 3.8) is 0 Å². The Labute approximate surface area is 140 Å². The largest absolute Gasteiger partial charge is 0.416 e. The first-order chi connectivity index (χ1) is 12.6. The van der Waals surface area contributed by atoms with E-state index < -0.39 is 81.1 Å². The third-order valence-corrected chi connectivity index (χ3v) is 3.27. The van der Waals surface area contributed by atoms with Gasteiger partial charge in [0.1, 0.15) is 11.1 Å². The summed E-state index contributed by atoms with van der Waals surface area (Å²) in [5, 5.41) is 5.67. The van der Waals surface area contributed by atoms with Gasteiger partial charge in [0, 0.05) is 0 Å². The van der Waals surface area contributed by atoms with E-state index in [1.165, 1.54) is 0 Å². The van der Waals surface area contributed by atoms with Gasteiger partial charge in [-0.05, 0) is 0 Å². The van der Waals surface area contributed by atoms with E-state index >= 15 is 0 Å². The molecule has 13 heteroatoms. The number of nitrogens with zero attached hydrogens (tertiary/aromatic N) is 2. The number of hydrogen-bond donors (Lipinski definition) is 0. The monoisotopic (exact) mass is 402 g/mol. The van der Waals surface area contributed by atoms with Crippen LogP contribution in [0.2, 0.25) is 0 Å². The summed E-state index contributed by atoms with van der Waals surface area (Å²) in [6.45, 7) is 0. The van der Waals surface area contributed by atoms with E-state index in [0.717, 1.165) is 0 Å². The Kier molecular flexibility index (Phi) is 4.32. The van der Waals surface area contributed by atoms with Gasteiger partial charge in [-0.15, -0.1) is 10.2 Å². The lowest BCUT2D eigenvalue weighted by molar-refractivity contribution is 0.376. The fourth-order valence-electron chi connectivity index (χ4n) is 2.01. The Balaban J connectivity index is 2.25. The number of aromatic nitrogens is 2. The van der Waals surface area contributed by atoms with E-state index in [0.29, 0.717) is 0 Å². The summed E-state index contributed by atoms with van der Waals surface area (Å²) in [6.07, 6.45) is 0. The number of halogens is 10. The van der Waals surface area contributed by atoms with Crippen molar-refractivity contribution in [3.8, 4) is 22.9 Å². The maximum Gasteiger partial charge on any atom is 0.254 e.